The van der Waals surface area contributed by atoms with Crippen LogP contribution in [0, 0.1) is 18.6 Å². The van der Waals surface area contributed by atoms with Crippen LogP contribution in [0.1, 0.15) is 161 Å². The number of alkyl halides is 6. The number of carbonyl (C=O) groups is 2. The Morgan fingerprint density at radius 3 is 1.82 bits per heavy atom. The van der Waals surface area contributed by atoms with E-state index in [1.54, 1.807) is 0 Å². The molecule has 0 spiro atoms. The molecule has 0 fully saturated rings. The minimum absolute atomic E-state index is 0.0136. The molecule has 22 heteroatoms. The minimum atomic E-state index is -5.32. The maximum atomic E-state index is 15.4. The molecule has 2 amide bonds. The second-order valence-corrected chi connectivity index (χ2v) is 22.3. The molecular formula is C74H80F8N8O4S2. The number of rotatable bonds is 26. The lowest BCUT2D eigenvalue weighted by Gasteiger charge is -2.33. The standard InChI is InChI=1S/2C37H40F4N4O2S/c1-4-43(5-2)21-22-44(25(3)27-11-13-28(14-12-27)29-15-17-30(18-16-29)37(39,40)41)34(46)23-45-33-8-6-7-32(33)35(47)42-36(45)48-24-26-9-19-31(38)20-10-26;1-4-43(5-2)19-20-44(22-26-9-13-28(14-10-26)29-15-18-32(25(3)21-29)37(39,40)41)34(46)23-45-33-8-6-7-31(33)35(47)42-36(45)48-24-27-11-16-30(38)17-12-27/h9-20,25H,4-8,21-24H2,1-3H3;9-18,21H,4-8,19-20,22-24H2,1-3H3/i4D2,5D2,21D2,22D2,25D;6D2,7D2,8D2,9D,10D,11D,12D,13D,14D,15D,16D,17D,18D,19D2,20D2,21D,22D2,23D2. The molecule has 12 nitrogen and oxygen atoms in total. The number of carbonyl (C=O) groups excluding carboxylic acids is 2. The van der Waals surface area contributed by atoms with Gasteiger partial charge in [-0.1, -0.05) is 148 Å². The third kappa shape index (κ3) is 18.6. The Labute approximate surface area is 611 Å². The Hall–Kier alpha value is -7.92. The smallest absolute Gasteiger partial charge is 0.336 e. The largest absolute Gasteiger partial charge is 0.416 e. The van der Waals surface area contributed by atoms with E-state index >= 15 is 4.79 Å². The van der Waals surface area contributed by atoms with Crippen molar-refractivity contribution in [3.8, 4) is 22.3 Å². The van der Waals surface area contributed by atoms with Crippen LogP contribution >= 0.6 is 23.5 Å². The average molecular weight is 1400 g/mol. The molecule has 6 aromatic carbocycles. The summed E-state index contributed by atoms with van der Waals surface area (Å²) in [6.45, 7) is -25.9. The van der Waals surface area contributed by atoms with Gasteiger partial charge in [-0.05, 0) is 171 Å². The van der Waals surface area contributed by atoms with Gasteiger partial charge in [0.15, 0.2) is 10.3 Å². The van der Waals surface area contributed by atoms with Crippen LogP contribution in [0.5, 0.6) is 0 Å². The SMILES string of the molecule is [2H]C([2H])(C)N(C([2H])([2H])C)C([2H])([2H])C([2H])([2H])N(C(=O)Cn1c(SCc2ccc(F)cc2)nc(=O)c2c1CCC2)C([2H])(C)c1ccc(-c2ccc(C(F)(F)F)cc2)cc1.[2H]c1c([2H])c(CSc2nc(=O)c3c(n2C([2H])([2H])C(=O)N(C([2H])([2H])c2c([2H])c([2H])c(-c4c([2H])c([2H])c(C(F)(F)F)c(C)c4[2H])c([2H])c2[2H])C([2H])([2H])C([2H])([2H])N(CC)CC)C([2H])([2H])C([2H])([2H])C3([2H])[2H])c([2H])c([2H])c1F. The van der Waals surface area contributed by atoms with Crippen molar-refractivity contribution in [1.82, 2.24) is 38.7 Å². The summed E-state index contributed by atoms with van der Waals surface area (Å²) in [5, 5.41) is -1.29. The van der Waals surface area contributed by atoms with Crippen LogP contribution in [0.25, 0.3) is 22.3 Å². The summed E-state index contributed by atoms with van der Waals surface area (Å²) < 4.78 is 409. The molecule has 0 radical (unpaired) electrons. The number of thioether (sulfide) groups is 2. The predicted molar refractivity (Wildman–Crippen MR) is 363 cm³/mol. The van der Waals surface area contributed by atoms with E-state index in [1.165, 1.54) is 79.1 Å². The van der Waals surface area contributed by atoms with Crippen molar-refractivity contribution in [2.24, 2.45) is 0 Å². The van der Waals surface area contributed by atoms with Crippen LogP contribution in [-0.4, -0.2) is 103 Å². The number of likely N-dealkylation sites (N-methyl/N-ethyl adjacent to an activating group) is 2. The molecule has 0 bridgehead atoms. The highest BCUT2D eigenvalue weighted by Gasteiger charge is 2.34. The molecule has 0 aliphatic heterocycles. The third-order valence-electron chi connectivity index (χ3n) is 14.2. The van der Waals surface area contributed by atoms with Crippen LogP contribution in [-0.2, 0) is 78.6 Å². The predicted octanol–water partition coefficient (Wildman–Crippen LogP) is 15.3. The topological polar surface area (TPSA) is 117 Å². The summed E-state index contributed by atoms with van der Waals surface area (Å²) in [6, 6.07) is -2.36. The molecule has 0 saturated heterocycles. The number of hydrogen-bond donors (Lipinski definition) is 0. The highest BCUT2D eigenvalue weighted by Crippen LogP contribution is 2.36. The number of nitrogens with zero attached hydrogens (tertiary/aromatic N) is 8. The van der Waals surface area contributed by atoms with Crippen LogP contribution in [0.3, 0.4) is 0 Å². The first kappa shape index (κ1) is 39.5. The van der Waals surface area contributed by atoms with E-state index in [2.05, 4.69) is 9.97 Å². The zero-order valence-electron chi connectivity index (χ0n) is 85.6. The first-order valence-corrected chi connectivity index (χ1v) is 30.9. The highest BCUT2D eigenvalue weighted by molar-refractivity contribution is 7.98. The first-order chi connectivity index (χ1) is 59.0. The van der Waals surface area contributed by atoms with Crippen molar-refractivity contribution in [1.29, 1.82) is 0 Å². The fourth-order valence-electron chi connectivity index (χ4n) is 9.24. The monoisotopic (exact) mass is 1390 g/mol. The van der Waals surface area contributed by atoms with Crippen molar-refractivity contribution in [3.63, 3.8) is 0 Å². The van der Waals surface area contributed by atoms with Gasteiger partial charge in [0.25, 0.3) is 11.1 Å². The van der Waals surface area contributed by atoms with Crippen molar-refractivity contribution in [3.05, 3.63) is 233 Å². The van der Waals surface area contributed by atoms with E-state index in [9.17, 15) is 61.8 Å². The molecule has 10 rings (SSSR count). The van der Waals surface area contributed by atoms with Gasteiger partial charge in [-0.3, -0.25) is 19.2 Å². The van der Waals surface area contributed by atoms with E-state index in [0.717, 1.165) is 44.7 Å². The van der Waals surface area contributed by atoms with Gasteiger partial charge in [0.05, 0.1) is 44.6 Å². The van der Waals surface area contributed by atoms with Crippen LogP contribution in [0.15, 0.2) is 159 Å². The molecule has 2 aromatic heterocycles. The van der Waals surface area contributed by atoms with E-state index in [1.807, 2.05) is 0 Å². The number of aromatic nitrogens is 4. The Morgan fingerprint density at radius 2 is 1.21 bits per heavy atom. The molecule has 0 N–H and O–H groups in total. The highest BCUT2D eigenvalue weighted by atomic mass is 32.2. The van der Waals surface area contributed by atoms with Crippen LogP contribution in [0.2, 0.25) is 0 Å². The zero-order chi connectivity index (χ0) is 99.1. The summed E-state index contributed by atoms with van der Waals surface area (Å²) in [5.74, 6) is -6.87. The van der Waals surface area contributed by atoms with Gasteiger partial charge in [-0.25, -0.2) is 8.78 Å². The lowest BCUT2D eigenvalue weighted by Crippen LogP contribution is -2.42. The number of benzene rings is 6. The molecular weight excluding hydrogens is 1280 g/mol. The van der Waals surface area contributed by atoms with Gasteiger partial charge in [-0.2, -0.15) is 36.3 Å². The molecule has 508 valence electrons. The summed E-state index contributed by atoms with van der Waals surface area (Å²) in [7, 11) is 0. The minimum Gasteiger partial charge on any atom is -0.336 e. The van der Waals surface area contributed by atoms with E-state index in [0.29, 0.717) is 59.0 Å². The van der Waals surface area contributed by atoms with Crippen molar-refractivity contribution < 1.29 is 91.3 Å². The zero-order valence-corrected chi connectivity index (χ0v) is 53.3. The summed E-state index contributed by atoms with van der Waals surface area (Å²) in [5.41, 5.74) is -11.9. The fraction of sp³-hybridized carbons (Fsp3) is 0.378. The van der Waals surface area contributed by atoms with Gasteiger partial charge >= 0.3 is 12.4 Å². The van der Waals surface area contributed by atoms with E-state index in [4.69, 9.17) is 34.3 Å². The van der Waals surface area contributed by atoms with Crippen molar-refractivity contribution in [2.45, 2.75) is 140 Å². The Bertz CT molecular complexity index is 5800. The number of fused-ring (bicyclic) bond motifs is 2. The average Bonchev–Trinajstić information content (AvgIpc) is 1.56. The van der Waals surface area contributed by atoms with Gasteiger partial charge < -0.3 is 28.7 Å². The van der Waals surface area contributed by atoms with Crippen molar-refractivity contribution in [2.75, 3.05) is 52.1 Å². The number of halogens is 8. The maximum Gasteiger partial charge on any atom is 0.416 e. The summed E-state index contributed by atoms with van der Waals surface area (Å²) in [6.07, 6.45) is -20.3. The molecule has 0 saturated carbocycles. The van der Waals surface area contributed by atoms with Gasteiger partial charge in [-0.15, -0.1) is 0 Å². The van der Waals surface area contributed by atoms with Crippen LogP contribution in [0.4, 0.5) is 35.1 Å². The van der Waals surface area contributed by atoms with E-state index < -0.39 is 276 Å². The second-order valence-electron chi connectivity index (χ2n) is 20.4. The van der Waals surface area contributed by atoms with Crippen LogP contribution < -0.4 is 11.1 Å². The number of hydrogen-bond acceptors (Lipinski definition) is 10. The lowest BCUT2D eigenvalue weighted by molar-refractivity contribution is -0.138. The maximum absolute atomic E-state index is 15.4. The van der Waals surface area contributed by atoms with E-state index in [-0.39, 0.29) is 42.6 Å². The molecule has 1 unspecified atom stereocenters. The second kappa shape index (κ2) is 32.9. The molecule has 2 heterocycles. The quantitative estimate of drug-likeness (QED) is 0.0295. The molecule has 2 aliphatic carbocycles. The normalized spacial score (nSPS) is 21.4. The number of amides is 2. The molecule has 2 aliphatic rings. The molecule has 96 heavy (non-hydrogen) atoms. The summed E-state index contributed by atoms with van der Waals surface area (Å²) >= 11 is 0.992. The molecule has 1 atom stereocenters. The summed E-state index contributed by atoms with van der Waals surface area (Å²) in [4.78, 5) is 64.9. The van der Waals surface area contributed by atoms with Gasteiger partial charge in [0.1, 0.15) is 24.7 Å². The van der Waals surface area contributed by atoms with Gasteiger partial charge in [0.2, 0.25) is 11.8 Å². The Balaban J connectivity index is 0.000000302. The molecule has 8 aromatic rings. The Morgan fingerprint density at radius 1 is 0.625 bits per heavy atom. The lowest BCUT2D eigenvalue weighted by atomic mass is 9.98. The van der Waals surface area contributed by atoms with Crippen molar-refractivity contribution >= 4 is 35.3 Å². The first-order valence-electron chi connectivity index (χ1n) is 45.9. The Kier molecular flexibility index (Phi) is 13.5. The third-order valence-corrected chi connectivity index (χ3v) is 16.2. The fourth-order valence-corrected chi connectivity index (χ4v) is 11.0. The van der Waals surface area contributed by atoms with Gasteiger partial charge in [0, 0.05) is 85.7 Å².